The van der Waals surface area contributed by atoms with Crippen molar-refractivity contribution in [3.63, 3.8) is 0 Å². The average Bonchev–Trinajstić information content (AvgIpc) is 2.91. The Bertz CT molecular complexity index is 418. The van der Waals surface area contributed by atoms with Gasteiger partial charge in [0, 0.05) is 12.6 Å². The molecule has 2 atom stereocenters. The monoisotopic (exact) mass is 219 g/mol. The maximum Gasteiger partial charge on any atom is 0.356 e. The van der Waals surface area contributed by atoms with Crippen molar-refractivity contribution in [2.75, 3.05) is 11.4 Å². The molecule has 0 amide bonds. The maximum absolute atomic E-state index is 10.6. The van der Waals surface area contributed by atoms with Crippen LogP contribution in [0, 0.1) is 5.92 Å². The number of carbonyl (C=O) groups is 1. The first-order chi connectivity index (χ1) is 7.74. The summed E-state index contributed by atoms with van der Waals surface area (Å²) in [7, 11) is 0. The molecule has 84 valence electrons. The Labute approximate surface area is 93.1 Å². The van der Waals surface area contributed by atoms with Crippen LogP contribution in [-0.4, -0.2) is 33.6 Å². The molecule has 1 aliphatic carbocycles. The van der Waals surface area contributed by atoms with Gasteiger partial charge in [-0.2, -0.15) is 0 Å². The predicted octanol–water partition coefficient (Wildman–Crippen LogP) is 1.16. The molecule has 5 heteroatoms. The van der Waals surface area contributed by atoms with E-state index in [9.17, 15) is 4.79 Å². The maximum atomic E-state index is 10.6. The van der Waals surface area contributed by atoms with E-state index in [4.69, 9.17) is 5.11 Å². The molecule has 3 rings (SSSR count). The van der Waals surface area contributed by atoms with Gasteiger partial charge in [-0.1, -0.05) is 0 Å². The first-order valence-electron chi connectivity index (χ1n) is 5.56. The van der Waals surface area contributed by atoms with Gasteiger partial charge in [-0.15, -0.1) is 0 Å². The minimum atomic E-state index is -1.03. The lowest BCUT2D eigenvalue weighted by atomic mass is 10.1. The first-order valence-corrected chi connectivity index (χ1v) is 5.56. The largest absolute Gasteiger partial charge is 0.476 e. The van der Waals surface area contributed by atoms with Crippen molar-refractivity contribution in [3.05, 3.63) is 18.1 Å². The minimum absolute atomic E-state index is 0.00751. The van der Waals surface area contributed by atoms with Crippen LogP contribution in [0.2, 0.25) is 0 Å². The summed E-state index contributed by atoms with van der Waals surface area (Å²) in [4.78, 5) is 21.0. The van der Waals surface area contributed by atoms with Crippen LogP contribution in [0.15, 0.2) is 12.4 Å². The van der Waals surface area contributed by atoms with Gasteiger partial charge in [0.1, 0.15) is 5.82 Å². The summed E-state index contributed by atoms with van der Waals surface area (Å²) in [5, 5.41) is 8.73. The Morgan fingerprint density at radius 1 is 1.38 bits per heavy atom. The van der Waals surface area contributed by atoms with Gasteiger partial charge in [0.05, 0.1) is 12.4 Å². The Balaban J connectivity index is 1.82. The average molecular weight is 219 g/mol. The van der Waals surface area contributed by atoms with E-state index in [0.717, 1.165) is 18.3 Å². The Hall–Kier alpha value is -1.65. The Morgan fingerprint density at radius 2 is 2.25 bits per heavy atom. The van der Waals surface area contributed by atoms with Crippen molar-refractivity contribution >= 4 is 11.8 Å². The third-order valence-electron chi connectivity index (χ3n) is 3.56. The number of carboxylic acids is 1. The van der Waals surface area contributed by atoms with Crippen molar-refractivity contribution in [3.8, 4) is 0 Å². The van der Waals surface area contributed by atoms with Gasteiger partial charge in [0.2, 0.25) is 0 Å². The molecule has 0 radical (unpaired) electrons. The highest BCUT2D eigenvalue weighted by Gasteiger charge is 2.38. The standard InChI is InChI=1S/C11H13N3O2/c15-11(16)9-4-13-10(5-12-9)14-6-7-1-2-8(14)3-7/h4-5,7-8H,1-3,6H2,(H,15,16). The number of hydrogen-bond acceptors (Lipinski definition) is 4. The lowest BCUT2D eigenvalue weighted by Gasteiger charge is -2.27. The molecule has 0 aromatic carbocycles. The van der Waals surface area contributed by atoms with Crippen LogP contribution >= 0.6 is 0 Å². The minimum Gasteiger partial charge on any atom is -0.476 e. The second-order valence-electron chi connectivity index (χ2n) is 4.55. The summed E-state index contributed by atoms with van der Waals surface area (Å²) in [6.07, 6.45) is 6.71. The number of fused-ring (bicyclic) bond motifs is 2. The lowest BCUT2D eigenvalue weighted by Crippen LogP contribution is -2.32. The van der Waals surface area contributed by atoms with Gasteiger partial charge in [-0.25, -0.2) is 14.8 Å². The van der Waals surface area contributed by atoms with Crippen LogP contribution in [0.1, 0.15) is 29.8 Å². The fourth-order valence-electron chi connectivity index (χ4n) is 2.79. The van der Waals surface area contributed by atoms with Crippen LogP contribution in [-0.2, 0) is 0 Å². The quantitative estimate of drug-likeness (QED) is 0.808. The van der Waals surface area contributed by atoms with Gasteiger partial charge in [0.25, 0.3) is 0 Å². The van der Waals surface area contributed by atoms with E-state index in [1.807, 2.05) is 0 Å². The Morgan fingerprint density at radius 3 is 2.75 bits per heavy atom. The van der Waals surface area contributed by atoms with Crippen LogP contribution in [0.25, 0.3) is 0 Å². The summed E-state index contributed by atoms with van der Waals surface area (Å²) in [6.45, 7) is 1.05. The Kier molecular flexibility index (Phi) is 2.05. The van der Waals surface area contributed by atoms with E-state index < -0.39 is 5.97 Å². The zero-order chi connectivity index (χ0) is 11.1. The normalized spacial score (nSPS) is 27.4. The molecule has 1 saturated heterocycles. The second-order valence-corrected chi connectivity index (χ2v) is 4.55. The van der Waals surface area contributed by atoms with Crippen LogP contribution in [0.5, 0.6) is 0 Å². The van der Waals surface area contributed by atoms with Crippen molar-refractivity contribution in [2.45, 2.75) is 25.3 Å². The summed E-state index contributed by atoms with van der Waals surface area (Å²) >= 11 is 0. The number of aromatic carboxylic acids is 1. The van der Waals surface area contributed by atoms with Crippen molar-refractivity contribution < 1.29 is 9.90 Å². The zero-order valence-electron chi connectivity index (χ0n) is 8.83. The van der Waals surface area contributed by atoms with Crippen molar-refractivity contribution in [1.82, 2.24) is 9.97 Å². The topological polar surface area (TPSA) is 66.3 Å². The molecule has 1 aromatic heterocycles. The van der Waals surface area contributed by atoms with Crippen LogP contribution < -0.4 is 4.90 Å². The van der Waals surface area contributed by atoms with Gasteiger partial charge < -0.3 is 10.0 Å². The number of aromatic nitrogens is 2. The van der Waals surface area contributed by atoms with Crippen molar-refractivity contribution in [1.29, 1.82) is 0 Å². The molecular weight excluding hydrogens is 206 g/mol. The highest BCUT2D eigenvalue weighted by atomic mass is 16.4. The number of anilines is 1. The van der Waals surface area contributed by atoms with Gasteiger partial charge in [-0.05, 0) is 25.2 Å². The van der Waals surface area contributed by atoms with E-state index >= 15 is 0 Å². The number of nitrogens with zero attached hydrogens (tertiary/aromatic N) is 3. The molecule has 2 unspecified atom stereocenters. The molecular formula is C11H13N3O2. The summed E-state index contributed by atoms with van der Waals surface area (Å²) in [6, 6.07) is 0.593. The number of piperidine rings is 1. The van der Waals surface area contributed by atoms with Crippen LogP contribution in [0.3, 0.4) is 0 Å². The first kappa shape index (κ1) is 9.57. The predicted molar refractivity (Wildman–Crippen MR) is 57.5 cm³/mol. The van der Waals surface area contributed by atoms with E-state index in [-0.39, 0.29) is 5.69 Å². The SMILES string of the molecule is O=C(O)c1cnc(N2CC3CCC2C3)cn1. The fourth-order valence-corrected chi connectivity index (χ4v) is 2.79. The smallest absolute Gasteiger partial charge is 0.356 e. The molecule has 1 saturated carbocycles. The highest BCUT2D eigenvalue weighted by molar-refractivity contribution is 5.84. The molecule has 2 aliphatic rings. The van der Waals surface area contributed by atoms with E-state index in [0.29, 0.717) is 6.04 Å². The summed E-state index contributed by atoms with van der Waals surface area (Å²) in [5.74, 6) is 0.588. The van der Waals surface area contributed by atoms with E-state index in [2.05, 4.69) is 14.9 Å². The molecule has 2 bridgehead atoms. The molecule has 0 spiro atoms. The second kappa shape index (κ2) is 3.43. The number of rotatable bonds is 2. The van der Waals surface area contributed by atoms with E-state index in [1.54, 1.807) is 6.20 Å². The zero-order valence-corrected chi connectivity index (χ0v) is 8.83. The molecule has 2 fully saturated rings. The molecule has 2 heterocycles. The number of carboxylic acid groups (broad SMARTS) is 1. The summed E-state index contributed by atoms with van der Waals surface area (Å²) < 4.78 is 0. The van der Waals surface area contributed by atoms with Gasteiger partial charge in [-0.3, -0.25) is 0 Å². The molecule has 1 aromatic rings. The lowest BCUT2D eigenvalue weighted by molar-refractivity contribution is 0.0690. The van der Waals surface area contributed by atoms with Crippen LogP contribution in [0.4, 0.5) is 5.82 Å². The third-order valence-corrected chi connectivity index (χ3v) is 3.56. The van der Waals surface area contributed by atoms with E-state index in [1.165, 1.54) is 25.5 Å². The third kappa shape index (κ3) is 1.43. The molecule has 1 aliphatic heterocycles. The van der Waals surface area contributed by atoms with Gasteiger partial charge in [0.15, 0.2) is 5.69 Å². The molecule has 16 heavy (non-hydrogen) atoms. The number of hydrogen-bond donors (Lipinski definition) is 1. The van der Waals surface area contributed by atoms with Gasteiger partial charge >= 0.3 is 5.97 Å². The molecule has 5 nitrogen and oxygen atoms in total. The molecule has 1 N–H and O–H groups in total. The highest BCUT2D eigenvalue weighted by Crippen LogP contribution is 2.39. The fraction of sp³-hybridized carbons (Fsp3) is 0.545. The summed E-state index contributed by atoms with van der Waals surface area (Å²) in [5.41, 5.74) is 0.00751. The van der Waals surface area contributed by atoms with Crippen molar-refractivity contribution in [2.24, 2.45) is 5.92 Å².